The Morgan fingerprint density at radius 1 is 0.815 bits per heavy atom. The third-order valence-corrected chi connectivity index (χ3v) is 6.51. The molecule has 0 aliphatic heterocycles. The lowest BCUT2D eigenvalue weighted by Crippen LogP contribution is -2.06. The van der Waals surface area contributed by atoms with E-state index in [9.17, 15) is 4.89 Å². The zero-order valence-corrected chi connectivity index (χ0v) is 19.9. The second-order valence-electron chi connectivity index (χ2n) is 7.56. The predicted molar refractivity (Wildman–Crippen MR) is 123 cm³/mol. The van der Waals surface area contributed by atoms with Gasteiger partial charge in [-0.15, -0.1) is 0 Å². The van der Waals surface area contributed by atoms with E-state index in [1.807, 2.05) is 13.8 Å². The Labute approximate surface area is 174 Å². The van der Waals surface area contributed by atoms with Crippen LogP contribution in [0.5, 0.6) is 0 Å². The van der Waals surface area contributed by atoms with E-state index in [4.69, 9.17) is 20.9 Å². The molecule has 0 aromatic rings. The monoisotopic (exact) mass is 420 g/mol. The molecular weight excluding hydrogens is 375 g/mol. The first kappa shape index (κ1) is 27.3. The van der Waals surface area contributed by atoms with Crippen molar-refractivity contribution in [3.63, 3.8) is 0 Å². The van der Waals surface area contributed by atoms with Crippen LogP contribution >= 0.6 is 6.72 Å². The summed E-state index contributed by atoms with van der Waals surface area (Å²) in [6.07, 6.45) is 23.5. The number of unbranched alkanes of at least 4 members (excludes halogenated alkanes) is 12. The quantitative estimate of drug-likeness (QED) is 0.123. The molecule has 162 valence electrons. The molecule has 0 amide bonds. The zero-order valence-electron chi connectivity index (χ0n) is 18.2. The molecule has 0 aromatic heterocycles. The molecule has 0 bridgehead atoms. The van der Waals surface area contributed by atoms with Crippen molar-refractivity contribution in [2.45, 2.75) is 123 Å². The number of hydrogen-bond acceptors (Lipinski definition) is 3. The van der Waals surface area contributed by atoms with Crippen LogP contribution < -0.4 is 0 Å². The van der Waals surface area contributed by atoms with Gasteiger partial charge < -0.3 is 13.9 Å². The minimum Gasteiger partial charge on any atom is -0.324 e. The maximum Gasteiger partial charge on any atom is 0.324 e. The summed E-state index contributed by atoms with van der Waals surface area (Å²) < 4.78 is 10.7. The molecule has 2 atom stereocenters. The maximum absolute atomic E-state index is 9.92. The smallest absolute Gasteiger partial charge is 0.324 e. The molecule has 0 spiro atoms. The van der Waals surface area contributed by atoms with Crippen LogP contribution in [0.4, 0.5) is 0 Å². The van der Waals surface area contributed by atoms with Crippen LogP contribution in [0.25, 0.3) is 0 Å². The standard InChI is InChI=1S/C22H45O3PS/c1-4-6-7-8-9-10-11-12-13-14-15-16-17-18-19-20-21-24-26(23,27)25-22(3)5-2/h12-13,22H,4-11,14-21H2,1-3H3,(H,23,27)/b13-12-. The van der Waals surface area contributed by atoms with Gasteiger partial charge in [-0.2, -0.15) is 0 Å². The second-order valence-corrected chi connectivity index (χ2v) is 10.4. The van der Waals surface area contributed by atoms with Crippen LogP contribution in [0.2, 0.25) is 0 Å². The highest BCUT2D eigenvalue weighted by Crippen LogP contribution is 2.45. The first-order valence-corrected chi connectivity index (χ1v) is 13.9. The fourth-order valence-corrected chi connectivity index (χ4v) is 4.55. The fraction of sp³-hybridized carbons (Fsp3) is 0.909. The van der Waals surface area contributed by atoms with Gasteiger partial charge in [0.15, 0.2) is 0 Å². The molecule has 0 radical (unpaired) electrons. The fourth-order valence-electron chi connectivity index (χ4n) is 2.86. The number of allylic oxidation sites excluding steroid dienone is 2. The number of rotatable bonds is 20. The molecule has 0 saturated carbocycles. The molecule has 2 unspecified atom stereocenters. The van der Waals surface area contributed by atoms with Crippen LogP contribution in [-0.2, 0) is 20.9 Å². The van der Waals surface area contributed by atoms with Gasteiger partial charge in [0.25, 0.3) is 0 Å². The Morgan fingerprint density at radius 2 is 1.30 bits per heavy atom. The van der Waals surface area contributed by atoms with E-state index in [-0.39, 0.29) is 6.10 Å². The molecule has 0 saturated heterocycles. The maximum atomic E-state index is 9.92. The normalized spacial score (nSPS) is 15.3. The van der Waals surface area contributed by atoms with Gasteiger partial charge in [0.05, 0.1) is 12.7 Å². The first-order valence-electron chi connectivity index (χ1n) is 11.3. The highest BCUT2D eigenvalue weighted by molar-refractivity contribution is 8.07. The molecule has 0 aliphatic carbocycles. The van der Waals surface area contributed by atoms with Crippen LogP contribution in [0.1, 0.15) is 117 Å². The summed E-state index contributed by atoms with van der Waals surface area (Å²) in [5.74, 6) is 0. The molecule has 0 aliphatic rings. The van der Waals surface area contributed by atoms with E-state index in [1.54, 1.807) is 0 Å². The molecule has 0 heterocycles. The van der Waals surface area contributed by atoms with E-state index >= 15 is 0 Å². The summed E-state index contributed by atoms with van der Waals surface area (Å²) in [6.45, 7) is 3.66. The summed E-state index contributed by atoms with van der Waals surface area (Å²) in [7, 11) is 0. The number of hydrogen-bond donors (Lipinski definition) is 1. The molecular formula is C22H45O3PS. The van der Waals surface area contributed by atoms with Crippen LogP contribution in [0.15, 0.2) is 12.2 Å². The largest absolute Gasteiger partial charge is 0.324 e. The van der Waals surface area contributed by atoms with Gasteiger partial charge in [0, 0.05) is 0 Å². The van der Waals surface area contributed by atoms with Crippen molar-refractivity contribution < 1.29 is 13.9 Å². The van der Waals surface area contributed by atoms with Gasteiger partial charge in [0.2, 0.25) is 0 Å². The molecule has 0 rings (SSSR count). The van der Waals surface area contributed by atoms with Crippen molar-refractivity contribution in [2.24, 2.45) is 0 Å². The Balaban J connectivity index is 3.31. The van der Waals surface area contributed by atoms with Gasteiger partial charge in [-0.05, 0) is 57.3 Å². The van der Waals surface area contributed by atoms with Crippen molar-refractivity contribution in [3.8, 4) is 0 Å². The van der Waals surface area contributed by atoms with Gasteiger partial charge in [0.1, 0.15) is 0 Å². The average Bonchev–Trinajstić information content (AvgIpc) is 2.63. The van der Waals surface area contributed by atoms with E-state index in [1.165, 1.54) is 77.0 Å². The molecule has 3 nitrogen and oxygen atoms in total. The van der Waals surface area contributed by atoms with Crippen molar-refractivity contribution in [2.75, 3.05) is 6.61 Å². The molecule has 5 heteroatoms. The van der Waals surface area contributed by atoms with Crippen molar-refractivity contribution >= 4 is 18.5 Å². The summed E-state index contributed by atoms with van der Waals surface area (Å²) in [5, 5.41) is 0. The van der Waals surface area contributed by atoms with E-state index in [2.05, 4.69) is 19.1 Å². The van der Waals surface area contributed by atoms with E-state index in [0.717, 1.165) is 19.3 Å². The van der Waals surface area contributed by atoms with Gasteiger partial charge >= 0.3 is 6.72 Å². The third kappa shape index (κ3) is 20.8. The summed E-state index contributed by atoms with van der Waals surface area (Å²) in [6, 6.07) is 0. The first-order chi connectivity index (χ1) is 13.0. The predicted octanol–water partition coefficient (Wildman–Crippen LogP) is 8.07. The van der Waals surface area contributed by atoms with Crippen molar-refractivity contribution in [1.82, 2.24) is 0 Å². The van der Waals surface area contributed by atoms with Crippen LogP contribution in [0, 0.1) is 0 Å². The van der Waals surface area contributed by atoms with Gasteiger partial charge in [-0.3, -0.25) is 0 Å². The lowest BCUT2D eigenvalue weighted by Gasteiger charge is -2.19. The van der Waals surface area contributed by atoms with Crippen molar-refractivity contribution in [3.05, 3.63) is 12.2 Å². The molecule has 27 heavy (non-hydrogen) atoms. The Bertz CT molecular complexity index is 388. The van der Waals surface area contributed by atoms with Gasteiger partial charge in [-0.25, -0.2) is 0 Å². The lowest BCUT2D eigenvalue weighted by molar-refractivity contribution is 0.147. The molecule has 0 aromatic carbocycles. The van der Waals surface area contributed by atoms with Crippen molar-refractivity contribution in [1.29, 1.82) is 0 Å². The third-order valence-electron chi connectivity index (χ3n) is 4.80. The summed E-state index contributed by atoms with van der Waals surface area (Å²) in [5.41, 5.74) is 0. The SMILES string of the molecule is CCCCCCCC/C=C\CCCCCCCCOP(O)(=S)OC(C)CC. The van der Waals surface area contributed by atoms with E-state index < -0.39 is 6.72 Å². The Morgan fingerprint density at radius 3 is 1.81 bits per heavy atom. The minimum absolute atomic E-state index is 0.0410. The Hall–Kier alpha value is 0.270. The van der Waals surface area contributed by atoms with Crippen LogP contribution in [-0.4, -0.2) is 17.6 Å². The highest BCUT2D eigenvalue weighted by atomic mass is 32.5. The summed E-state index contributed by atoms with van der Waals surface area (Å²) in [4.78, 5) is 9.92. The minimum atomic E-state index is -3.03. The average molecular weight is 421 g/mol. The summed E-state index contributed by atoms with van der Waals surface area (Å²) >= 11 is 5.01. The lowest BCUT2D eigenvalue weighted by atomic mass is 10.1. The van der Waals surface area contributed by atoms with Crippen LogP contribution in [0.3, 0.4) is 0 Å². The zero-order chi connectivity index (χ0) is 20.2. The second kappa shape index (κ2) is 19.6. The highest BCUT2D eigenvalue weighted by Gasteiger charge is 2.17. The van der Waals surface area contributed by atoms with E-state index in [0.29, 0.717) is 6.61 Å². The molecule has 1 N–H and O–H groups in total. The topological polar surface area (TPSA) is 38.7 Å². The Kier molecular flexibility index (Phi) is 19.8. The molecule has 0 fully saturated rings. The van der Waals surface area contributed by atoms with Gasteiger partial charge in [-0.1, -0.05) is 83.8 Å².